The SMILES string of the molecule is N=c1n(Cc2cn(Cc3ccccc3F)nn2)c2cc(Cl)ccc2n1CC(O)c1ccc(Cl)c(Cl)c1. The minimum atomic E-state index is -0.926. The van der Waals surface area contributed by atoms with Crippen LogP contribution in [-0.4, -0.2) is 29.2 Å². The van der Waals surface area contributed by atoms with Crippen LogP contribution >= 0.6 is 34.8 Å². The summed E-state index contributed by atoms with van der Waals surface area (Å²) in [4.78, 5) is 0. The second-order valence-electron chi connectivity index (χ2n) is 8.34. The smallest absolute Gasteiger partial charge is 0.203 e. The molecule has 1 atom stereocenters. The summed E-state index contributed by atoms with van der Waals surface area (Å²) in [6, 6.07) is 16.8. The van der Waals surface area contributed by atoms with Crippen LogP contribution in [0.15, 0.2) is 66.9 Å². The minimum Gasteiger partial charge on any atom is -0.387 e. The number of imidazole rings is 1. The molecule has 5 rings (SSSR count). The number of nitrogens with zero attached hydrogens (tertiary/aromatic N) is 5. The van der Waals surface area contributed by atoms with E-state index in [1.54, 1.807) is 68.5 Å². The first-order valence-corrected chi connectivity index (χ1v) is 12.1. The molecule has 2 heterocycles. The van der Waals surface area contributed by atoms with Crippen molar-refractivity contribution in [3.05, 3.63) is 110 Å². The van der Waals surface area contributed by atoms with Gasteiger partial charge in [-0.25, -0.2) is 9.07 Å². The van der Waals surface area contributed by atoms with E-state index in [1.165, 1.54) is 6.07 Å². The van der Waals surface area contributed by atoms with Crippen molar-refractivity contribution in [2.45, 2.75) is 25.7 Å². The third-order valence-electron chi connectivity index (χ3n) is 5.91. The van der Waals surface area contributed by atoms with Gasteiger partial charge in [-0.1, -0.05) is 64.3 Å². The molecule has 0 radical (unpaired) electrons. The van der Waals surface area contributed by atoms with Crippen LogP contribution < -0.4 is 5.62 Å². The average molecular weight is 546 g/mol. The molecule has 36 heavy (non-hydrogen) atoms. The lowest BCUT2D eigenvalue weighted by Gasteiger charge is -2.13. The molecule has 0 saturated heterocycles. The number of fused-ring (bicyclic) bond motifs is 1. The first-order valence-electron chi connectivity index (χ1n) is 11.0. The molecule has 11 heteroatoms. The van der Waals surface area contributed by atoms with Gasteiger partial charge in [0, 0.05) is 10.6 Å². The van der Waals surface area contributed by atoms with Crippen molar-refractivity contribution in [1.29, 1.82) is 5.41 Å². The Labute approximate surface area is 220 Å². The second-order valence-corrected chi connectivity index (χ2v) is 9.59. The van der Waals surface area contributed by atoms with Gasteiger partial charge in [0.2, 0.25) is 5.62 Å². The summed E-state index contributed by atoms with van der Waals surface area (Å²) in [5.41, 5.74) is 3.26. The van der Waals surface area contributed by atoms with Gasteiger partial charge < -0.3 is 14.2 Å². The molecule has 1 unspecified atom stereocenters. The van der Waals surface area contributed by atoms with Crippen LogP contribution in [0.1, 0.15) is 22.9 Å². The Morgan fingerprint density at radius 1 is 0.917 bits per heavy atom. The van der Waals surface area contributed by atoms with Gasteiger partial charge in [0.05, 0.1) is 53.0 Å². The Bertz CT molecular complexity index is 1630. The summed E-state index contributed by atoms with van der Waals surface area (Å²) in [7, 11) is 0. The fraction of sp³-hybridized carbons (Fsp3) is 0.160. The van der Waals surface area contributed by atoms with Crippen LogP contribution in [0.25, 0.3) is 11.0 Å². The van der Waals surface area contributed by atoms with Gasteiger partial charge in [0.1, 0.15) is 11.5 Å². The van der Waals surface area contributed by atoms with Gasteiger partial charge >= 0.3 is 0 Å². The number of halogens is 4. The van der Waals surface area contributed by atoms with E-state index < -0.39 is 6.10 Å². The Hall–Kier alpha value is -3.17. The molecule has 0 aliphatic heterocycles. The highest BCUT2D eigenvalue weighted by Crippen LogP contribution is 2.27. The van der Waals surface area contributed by atoms with E-state index in [2.05, 4.69) is 10.3 Å². The van der Waals surface area contributed by atoms with Crippen LogP contribution in [0.2, 0.25) is 15.1 Å². The van der Waals surface area contributed by atoms with E-state index >= 15 is 0 Å². The highest BCUT2D eigenvalue weighted by atomic mass is 35.5. The first kappa shape index (κ1) is 24.5. The van der Waals surface area contributed by atoms with Crippen molar-refractivity contribution in [3.8, 4) is 0 Å². The Balaban J connectivity index is 1.46. The molecule has 0 aliphatic carbocycles. The Morgan fingerprint density at radius 3 is 2.50 bits per heavy atom. The molecule has 3 aromatic carbocycles. The van der Waals surface area contributed by atoms with E-state index in [9.17, 15) is 9.50 Å². The summed E-state index contributed by atoms with van der Waals surface area (Å²) in [5.74, 6) is -0.310. The standard InChI is InChI=1S/C25H20Cl3FN6O/c26-17-6-8-22-23(10-17)34(13-18-12-33(32-31-18)11-16-3-1-2-4-21(16)29)25(30)35(22)14-24(36)15-5-7-19(27)20(28)9-15/h1-10,12,24,30,36H,11,13-14H2. The lowest BCUT2D eigenvalue weighted by atomic mass is 10.1. The average Bonchev–Trinajstić information content (AvgIpc) is 3.40. The monoisotopic (exact) mass is 544 g/mol. The summed E-state index contributed by atoms with van der Waals surface area (Å²) in [5, 5.41) is 29.3. The summed E-state index contributed by atoms with van der Waals surface area (Å²) >= 11 is 18.4. The van der Waals surface area contributed by atoms with Gasteiger partial charge in [0.15, 0.2) is 0 Å². The van der Waals surface area contributed by atoms with Gasteiger partial charge in [-0.2, -0.15) is 0 Å². The maximum Gasteiger partial charge on any atom is 0.203 e. The lowest BCUT2D eigenvalue weighted by molar-refractivity contribution is 0.155. The molecule has 0 bridgehead atoms. The van der Waals surface area contributed by atoms with Crippen LogP contribution in [0.4, 0.5) is 4.39 Å². The van der Waals surface area contributed by atoms with Gasteiger partial charge in [-0.3, -0.25) is 5.41 Å². The van der Waals surface area contributed by atoms with E-state index in [0.717, 1.165) is 5.52 Å². The summed E-state index contributed by atoms with van der Waals surface area (Å²) in [6.45, 7) is 0.590. The molecule has 0 amide bonds. The van der Waals surface area contributed by atoms with Gasteiger partial charge in [-0.05, 0) is 42.0 Å². The Morgan fingerprint density at radius 2 is 1.72 bits per heavy atom. The number of aliphatic hydroxyl groups is 1. The molecule has 2 aromatic heterocycles. The zero-order chi connectivity index (χ0) is 25.4. The molecule has 0 aliphatic rings. The van der Waals surface area contributed by atoms with Crippen LogP contribution in [-0.2, 0) is 19.6 Å². The number of hydrogen-bond donors (Lipinski definition) is 2. The molecule has 0 saturated carbocycles. The maximum absolute atomic E-state index is 14.0. The molecule has 5 aromatic rings. The zero-order valence-corrected chi connectivity index (χ0v) is 21.0. The van der Waals surface area contributed by atoms with Crippen LogP contribution in [0.5, 0.6) is 0 Å². The largest absolute Gasteiger partial charge is 0.387 e. The number of nitrogens with one attached hydrogen (secondary N) is 1. The van der Waals surface area contributed by atoms with Crippen molar-refractivity contribution in [3.63, 3.8) is 0 Å². The topological polar surface area (TPSA) is 84.7 Å². The van der Waals surface area contributed by atoms with E-state index in [1.807, 2.05) is 6.07 Å². The van der Waals surface area contributed by atoms with Crippen LogP contribution in [0, 0.1) is 11.2 Å². The van der Waals surface area contributed by atoms with Crippen molar-refractivity contribution in [2.75, 3.05) is 0 Å². The van der Waals surface area contributed by atoms with Gasteiger partial charge in [-0.15, -0.1) is 5.10 Å². The van der Waals surface area contributed by atoms with Crippen molar-refractivity contribution in [2.24, 2.45) is 0 Å². The molecule has 7 nitrogen and oxygen atoms in total. The minimum absolute atomic E-state index is 0.113. The highest BCUT2D eigenvalue weighted by Gasteiger charge is 2.18. The first-order chi connectivity index (χ1) is 17.3. The quantitative estimate of drug-likeness (QED) is 0.285. The molecule has 2 N–H and O–H groups in total. The number of benzene rings is 3. The molecule has 0 fully saturated rings. The number of hydrogen-bond acceptors (Lipinski definition) is 4. The second kappa shape index (κ2) is 10.1. The number of aromatic nitrogens is 5. The molecule has 184 valence electrons. The zero-order valence-electron chi connectivity index (χ0n) is 18.7. The van der Waals surface area contributed by atoms with Crippen molar-refractivity contribution < 1.29 is 9.50 Å². The highest BCUT2D eigenvalue weighted by molar-refractivity contribution is 6.42. The fourth-order valence-corrected chi connectivity index (χ4v) is 4.58. The summed E-state index contributed by atoms with van der Waals surface area (Å²) in [6.07, 6.45) is 0.794. The third-order valence-corrected chi connectivity index (χ3v) is 6.88. The van der Waals surface area contributed by atoms with Crippen LogP contribution in [0.3, 0.4) is 0 Å². The predicted octanol–water partition coefficient (Wildman–Crippen LogP) is 5.44. The van der Waals surface area contributed by atoms with E-state index in [4.69, 9.17) is 40.2 Å². The lowest BCUT2D eigenvalue weighted by Crippen LogP contribution is -2.27. The number of rotatable bonds is 7. The van der Waals surface area contributed by atoms with E-state index in [-0.39, 0.29) is 31.1 Å². The third kappa shape index (κ3) is 4.90. The molecule has 0 spiro atoms. The maximum atomic E-state index is 14.0. The van der Waals surface area contributed by atoms with E-state index in [0.29, 0.717) is 37.4 Å². The Kier molecular flexibility index (Phi) is 6.85. The van der Waals surface area contributed by atoms with Crippen molar-refractivity contribution >= 4 is 45.8 Å². The van der Waals surface area contributed by atoms with Gasteiger partial charge in [0.25, 0.3) is 0 Å². The van der Waals surface area contributed by atoms with Crippen molar-refractivity contribution in [1.82, 2.24) is 24.1 Å². The fourth-order valence-electron chi connectivity index (χ4n) is 4.11. The molecular formula is C25H20Cl3FN6O. The summed E-state index contributed by atoms with van der Waals surface area (Å²) < 4.78 is 19.0. The molecular weight excluding hydrogens is 526 g/mol. The number of aliphatic hydroxyl groups excluding tert-OH is 1. The normalized spacial score (nSPS) is 12.4. The predicted molar refractivity (Wildman–Crippen MR) is 137 cm³/mol.